The van der Waals surface area contributed by atoms with Crippen LogP contribution in [0, 0.1) is 50.7 Å². The van der Waals surface area contributed by atoms with Crippen molar-refractivity contribution < 1.29 is 4.79 Å². The molecule has 5 aliphatic rings. The normalized spacial score (nSPS) is 53.0. The van der Waals surface area contributed by atoms with Crippen LogP contribution >= 0.6 is 0 Å². The molecule has 5 aliphatic carbocycles. The van der Waals surface area contributed by atoms with Gasteiger partial charge < -0.3 is 0 Å². The lowest BCUT2D eigenvalue weighted by Gasteiger charge is -2.70. The monoisotopic (exact) mass is 422 g/mol. The molecule has 0 aromatic heterocycles. The second kappa shape index (κ2) is 6.38. The molecule has 31 heavy (non-hydrogen) atoms. The molecule has 0 aliphatic heterocycles. The molecule has 0 spiro atoms. The van der Waals surface area contributed by atoms with E-state index in [0.717, 1.165) is 12.8 Å². The van der Waals surface area contributed by atoms with Crippen LogP contribution in [-0.2, 0) is 4.79 Å². The summed E-state index contributed by atoms with van der Waals surface area (Å²) in [5.41, 5.74) is 4.49. The highest BCUT2D eigenvalue weighted by Gasteiger charge is 2.68. The van der Waals surface area contributed by atoms with E-state index in [1.807, 2.05) is 5.57 Å². The van der Waals surface area contributed by atoms with Crippen molar-refractivity contribution in [2.24, 2.45) is 50.7 Å². The zero-order valence-electron chi connectivity index (χ0n) is 21.4. The number of ketones is 1. The summed E-state index contributed by atoms with van der Waals surface area (Å²) < 4.78 is 0. The largest absolute Gasteiger partial charge is 0.299 e. The summed E-state index contributed by atoms with van der Waals surface area (Å²) >= 11 is 0. The summed E-state index contributed by atoms with van der Waals surface area (Å²) in [5.74, 6) is 3.14. The zero-order chi connectivity index (χ0) is 22.6. The molecule has 5 rings (SSSR count). The molecule has 0 amide bonds. The highest BCUT2D eigenvalue weighted by Crippen LogP contribution is 2.75. The lowest BCUT2D eigenvalue weighted by atomic mass is 9.34. The fraction of sp³-hybridized carbons (Fsp3) is 0.833. The molecule has 0 saturated heterocycles. The van der Waals surface area contributed by atoms with E-state index in [4.69, 9.17) is 0 Å². The molecule has 0 aromatic rings. The Bertz CT molecular complexity index is 862. The molecule has 0 bridgehead atoms. The molecular formula is C30H46O. The molecule has 0 aromatic carbocycles. The van der Waals surface area contributed by atoms with E-state index < -0.39 is 0 Å². The Morgan fingerprint density at radius 1 is 0.935 bits per heavy atom. The molecule has 1 heteroatoms. The average molecular weight is 423 g/mol. The molecule has 1 nitrogen and oxygen atoms in total. The molecule has 0 radical (unpaired) electrons. The first kappa shape index (κ1) is 22.0. The fourth-order valence-corrected chi connectivity index (χ4v) is 10.5. The van der Waals surface area contributed by atoms with E-state index in [2.05, 4.69) is 61.1 Å². The Kier molecular flexibility index (Phi) is 4.52. The van der Waals surface area contributed by atoms with E-state index in [1.165, 1.54) is 50.5 Å². The maximum atomic E-state index is 12.9. The Morgan fingerprint density at radius 3 is 2.32 bits per heavy atom. The van der Waals surface area contributed by atoms with Crippen LogP contribution in [0.2, 0.25) is 0 Å². The van der Waals surface area contributed by atoms with Crippen LogP contribution in [0.4, 0.5) is 0 Å². The first-order chi connectivity index (χ1) is 14.3. The average Bonchev–Trinajstić information content (AvgIpc) is 3.04. The van der Waals surface area contributed by atoms with Gasteiger partial charge >= 0.3 is 0 Å². The van der Waals surface area contributed by atoms with Crippen LogP contribution in [0.3, 0.4) is 0 Å². The molecule has 0 heterocycles. The van der Waals surface area contributed by atoms with Crippen LogP contribution < -0.4 is 0 Å². The van der Waals surface area contributed by atoms with E-state index in [9.17, 15) is 4.79 Å². The first-order valence-electron chi connectivity index (χ1n) is 13.2. The van der Waals surface area contributed by atoms with Crippen LogP contribution in [0.25, 0.3) is 0 Å². The van der Waals surface area contributed by atoms with Crippen molar-refractivity contribution >= 4 is 5.78 Å². The third-order valence-electron chi connectivity index (χ3n) is 12.6. The zero-order valence-corrected chi connectivity index (χ0v) is 21.4. The van der Waals surface area contributed by atoms with Gasteiger partial charge in [-0.3, -0.25) is 4.79 Å². The van der Waals surface area contributed by atoms with Crippen molar-refractivity contribution in [3.8, 4) is 0 Å². The number of carbonyl (C=O) groups excluding carboxylic acids is 1. The highest BCUT2D eigenvalue weighted by molar-refractivity contribution is 5.85. The summed E-state index contributed by atoms with van der Waals surface area (Å²) in [6, 6.07) is 0. The number of carbonyl (C=O) groups is 1. The third-order valence-corrected chi connectivity index (χ3v) is 12.6. The maximum Gasteiger partial charge on any atom is 0.138 e. The molecule has 8 atom stereocenters. The molecule has 172 valence electrons. The van der Waals surface area contributed by atoms with Gasteiger partial charge in [0.15, 0.2) is 0 Å². The SMILES string of the molecule is C=C(C)[C@@H]1CC[C@@]2(C)CC[C@]3(C)C(=CC[C@@H]4[C@@]5(C)CCC(=O)C(C)(C)[C@@H]5CC[C@]43C)[C@@H]12. The van der Waals surface area contributed by atoms with Gasteiger partial charge in [-0.2, -0.15) is 0 Å². The van der Waals surface area contributed by atoms with E-state index >= 15 is 0 Å². The Balaban J connectivity index is 1.60. The molecule has 4 fully saturated rings. The van der Waals surface area contributed by atoms with E-state index in [1.54, 1.807) is 0 Å². The minimum atomic E-state index is -0.152. The van der Waals surface area contributed by atoms with Gasteiger partial charge in [0.1, 0.15) is 5.78 Å². The van der Waals surface area contributed by atoms with Crippen molar-refractivity contribution in [3.63, 3.8) is 0 Å². The van der Waals surface area contributed by atoms with E-state index in [-0.39, 0.29) is 5.41 Å². The quantitative estimate of drug-likeness (QED) is 0.390. The van der Waals surface area contributed by atoms with Gasteiger partial charge in [-0.25, -0.2) is 0 Å². The van der Waals surface area contributed by atoms with Crippen molar-refractivity contribution in [3.05, 3.63) is 23.8 Å². The van der Waals surface area contributed by atoms with Crippen molar-refractivity contribution in [2.75, 3.05) is 0 Å². The molecule has 4 saturated carbocycles. The van der Waals surface area contributed by atoms with Crippen molar-refractivity contribution in [2.45, 2.75) is 106 Å². The van der Waals surface area contributed by atoms with Gasteiger partial charge in [-0.05, 0) is 104 Å². The number of rotatable bonds is 1. The van der Waals surface area contributed by atoms with Crippen molar-refractivity contribution in [1.82, 2.24) is 0 Å². The minimum Gasteiger partial charge on any atom is -0.299 e. The summed E-state index contributed by atoms with van der Waals surface area (Å²) in [4.78, 5) is 12.9. The summed E-state index contributed by atoms with van der Waals surface area (Å²) in [7, 11) is 0. The predicted molar refractivity (Wildman–Crippen MR) is 130 cm³/mol. The second-order valence-electron chi connectivity index (χ2n) is 14.1. The lowest BCUT2D eigenvalue weighted by Crippen LogP contribution is -2.63. The lowest BCUT2D eigenvalue weighted by molar-refractivity contribution is -0.181. The number of Topliss-reactive ketones (excluding diaryl/α,β-unsaturated/α-hetero) is 1. The van der Waals surface area contributed by atoms with E-state index in [0.29, 0.717) is 51.1 Å². The predicted octanol–water partition coefficient (Wildman–Crippen LogP) is 8.15. The van der Waals surface area contributed by atoms with Crippen LogP contribution in [0.15, 0.2) is 23.8 Å². The van der Waals surface area contributed by atoms with Gasteiger partial charge in [-0.15, -0.1) is 0 Å². The molecule has 0 unspecified atom stereocenters. The number of fused-ring (bicyclic) bond motifs is 7. The van der Waals surface area contributed by atoms with Gasteiger partial charge in [0.2, 0.25) is 0 Å². The topological polar surface area (TPSA) is 17.1 Å². The Labute approximate surface area is 191 Å². The van der Waals surface area contributed by atoms with Crippen LogP contribution in [-0.4, -0.2) is 5.78 Å². The molecular weight excluding hydrogens is 376 g/mol. The van der Waals surface area contributed by atoms with Crippen molar-refractivity contribution in [1.29, 1.82) is 0 Å². The number of hydrogen-bond acceptors (Lipinski definition) is 1. The number of hydrogen-bond donors (Lipinski definition) is 0. The van der Waals surface area contributed by atoms with Crippen LogP contribution in [0.1, 0.15) is 106 Å². The van der Waals surface area contributed by atoms with Gasteiger partial charge in [-0.1, -0.05) is 65.3 Å². The summed E-state index contributed by atoms with van der Waals surface area (Å²) in [6.45, 7) is 21.7. The second-order valence-corrected chi connectivity index (χ2v) is 14.1. The Hall–Kier alpha value is -0.850. The smallest absolute Gasteiger partial charge is 0.138 e. The standard InChI is InChI=1S/C30H46O/c1-19(2)20-11-14-27(5)17-18-29(7)21(25(20)27)9-10-23-28(6)15-13-24(31)26(3,4)22(28)12-16-30(23,29)8/h9,20,22-23,25H,1,10-18H2,2-8H3/t20-,22-,23+,25+,27-,28-,29+,30+/m0/s1. The fourth-order valence-electron chi connectivity index (χ4n) is 10.5. The highest BCUT2D eigenvalue weighted by atomic mass is 16.1. The van der Waals surface area contributed by atoms with Crippen LogP contribution in [0.5, 0.6) is 0 Å². The minimum absolute atomic E-state index is 0.152. The maximum absolute atomic E-state index is 12.9. The third kappa shape index (κ3) is 2.53. The van der Waals surface area contributed by atoms with Gasteiger partial charge in [0.25, 0.3) is 0 Å². The summed E-state index contributed by atoms with van der Waals surface area (Å²) in [6.07, 6.45) is 13.8. The first-order valence-corrected chi connectivity index (χ1v) is 13.2. The molecule has 0 N–H and O–H groups in total. The van der Waals surface area contributed by atoms with Gasteiger partial charge in [0, 0.05) is 11.8 Å². The number of allylic oxidation sites excluding steroid dienone is 3. The van der Waals surface area contributed by atoms with Gasteiger partial charge in [0.05, 0.1) is 0 Å². The summed E-state index contributed by atoms with van der Waals surface area (Å²) in [5, 5.41) is 0. The Morgan fingerprint density at radius 2 is 1.65 bits per heavy atom.